The van der Waals surface area contributed by atoms with Crippen LogP contribution in [0.3, 0.4) is 0 Å². The van der Waals surface area contributed by atoms with Crippen molar-refractivity contribution in [2.24, 2.45) is 0 Å². The van der Waals surface area contributed by atoms with Gasteiger partial charge in [-0.2, -0.15) is 8.78 Å². The second-order valence-corrected chi connectivity index (χ2v) is 3.85. The maximum Gasteiger partial charge on any atom is 0.387 e. The predicted octanol–water partition coefficient (Wildman–Crippen LogP) is 4.09. The molecule has 0 radical (unpaired) electrons. The number of para-hydroxylation sites is 1. The highest BCUT2D eigenvalue weighted by Gasteiger charge is 2.25. The van der Waals surface area contributed by atoms with E-state index < -0.39 is 35.5 Å². The van der Waals surface area contributed by atoms with Crippen LogP contribution in [0.15, 0.2) is 18.2 Å². The highest BCUT2D eigenvalue weighted by Crippen LogP contribution is 2.38. The zero-order chi connectivity index (χ0) is 13.9. The molecule has 100 valence electrons. The van der Waals surface area contributed by atoms with Crippen LogP contribution in [-0.4, -0.2) is 12.4 Å². The molecule has 0 saturated carbocycles. The molecule has 0 bridgehead atoms. The monoisotopic (exact) mass is 284 g/mol. The fourth-order valence-electron chi connectivity index (χ4n) is 1.39. The van der Waals surface area contributed by atoms with Crippen molar-refractivity contribution in [1.29, 1.82) is 0 Å². The van der Waals surface area contributed by atoms with Gasteiger partial charge >= 0.3 is 6.61 Å². The van der Waals surface area contributed by atoms with Gasteiger partial charge in [-0.1, -0.05) is 12.1 Å². The first-order valence-electron chi connectivity index (χ1n) is 4.85. The number of benzene rings is 1. The number of Topliss-reactive ketones (excluding diaryl/α,β-unsaturated/α-hetero) is 1. The van der Waals surface area contributed by atoms with Crippen LogP contribution in [0.25, 0.3) is 0 Å². The summed E-state index contributed by atoms with van der Waals surface area (Å²) in [4.78, 5) is 11.1. The lowest BCUT2D eigenvalue weighted by Gasteiger charge is -2.16. The second kappa shape index (κ2) is 6.04. The molecule has 0 N–H and O–H groups in total. The number of halogens is 5. The third kappa shape index (κ3) is 3.35. The average molecular weight is 285 g/mol. The van der Waals surface area contributed by atoms with E-state index in [1.54, 1.807) is 0 Å². The normalized spacial score (nSPS) is 12.9. The first-order valence-corrected chi connectivity index (χ1v) is 5.28. The Bertz CT molecular complexity index is 437. The van der Waals surface area contributed by atoms with Gasteiger partial charge in [0.2, 0.25) is 0 Å². The first kappa shape index (κ1) is 14.8. The van der Waals surface area contributed by atoms with Crippen LogP contribution in [0.4, 0.5) is 17.6 Å². The van der Waals surface area contributed by atoms with Crippen molar-refractivity contribution in [3.8, 4) is 5.75 Å². The number of ketones is 1. The van der Waals surface area contributed by atoms with Gasteiger partial charge in [0, 0.05) is 5.56 Å². The maximum absolute atomic E-state index is 12.7. The minimum absolute atomic E-state index is 0.192. The third-order valence-corrected chi connectivity index (χ3v) is 2.69. The van der Waals surface area contributed by atoms with E-state index in [0.29, 0.717) is 0 Å². The van der Waals surface area contributed by atoms with E-state index in [1.807, 2.05) is 0 Å². The van der Waals surface area contributed by atoms with Crippen molar-refractivity contribution in [3.05, 3.63) is 29.3 Å². The molecule has 0 aromatic heterocycles. The van der Waals surface area contributed by atoms with Crippen LogP contribution < -0.4 is 4.74 Å². The van der Waals surface area contributed by atoms with E-state index >= 15 is 0 Å². The minimum atomic E-state index is -3.28. The Balaban J connectivity index is 3.32. The third-order valence-electron chi connectivity index (χ3n) is 2.15. The van der Waals surface area contributed by atoms with E-state index in [0.717, 1.165) is 13.0 Å². The van der Waals surface area contributed by atoms with Gasteiger partial charge in [-0.05, 0) is 13.0 Å². The highest BCUT2D eigenvalue weighted by molar-refractivity contribution is 6.31. The lowest BCUT2D eigenvalue weighted by atomic mass is 10.0. The number of rotatable bonds is 5. The van der Waals surface area contributed by atoms with Crippen molar-refractivity contribution >= 4 is 17.4 Å². The molecule has 0 saturated heterocycles. The van der Waals surface area contributed by atoms with Crippen molar-refractivity contribution in [3.63, 3.8) is 0 Å². The van der Waals surface area contributed by atoms with Crippen LogP contribution in [0.5, 0.6) is 5.75 Å². The Morgan fingerprint density at radius 1 is 1.22 bits per heavy atom. The molecule has 0 fully saturated rings. The fourth-order valence-corrected chi connectivity index (χ4v) is 1.56. The Kier molecular flexibility index (Phi) is 4.95. The van der Waals surface area contributed by atoms with Crippen LogP contribution in [0, 0.1) is 0 Å². The molecule has 0 heterocycles. The van der Waals surface area contributed by atoms with Crippen LogP contribution in [0.2, 0.25) is 0 Å². The van der Waals surface area contributed by atoms with E-state index in [9.17, 15) is 22.4 Å². The van der Waals surface area contributed by atoms with Gasteiger partial charge in [0.05, 0.1) is 5.56 Å². The van der Waals surface area contributed by atoms with Gasteiger partial charge in [0.15, 0.2) is 5.78 Å². The topological polar surface area (TPSA) is 26.3 Å². The fraction of sp³-hybridized carbons (Fsp3) is 0.364. The molecule has 0 spiro atoms. The number of ether oxygens (including phenoxy) is 1. The number of alkyl halides is 5. The van der Waals surface area contributed by atoms with Crippen molar-refractivity contribution in [2.45, 2.75) is 25.3 Å². The molecular formula is C11H9ClF4O2. The summed E-state index contributed by atoms with van der Waals surface area (Å²) < 4.78 is 53.8. The van der Waals surface area contributed by atoms with Gasteiger partial charge in [0.25, 0.3) is 6.43 Å². The molecule has 7 heteroatoms. The Labute approximate surface area is 105 Å². The molecule has 0 aliphatic rings. The second-order valence-electron chi connectivity index (χ2n) is 3.42. The summed E-state index contributed by atoms with van der Waals surface area (Å²) in [5, 5.41) is -1.31. The summed E-state index contributed by atoms with van der Waals surface area (Å²) in [5.74, 6) is -1.29. The molecular weight excluding hydrogens is 276 g/mol. The van der Waals surface area contributed by atoms with Crippen LogP contribution in [-0.2, 0) is 4.79 Å². The molecule has 0 amide bonds. The summed E-state index contributed by atoms with van der Waals surface area (Å²) in [6, 6.07) is 3.34. The smallest absolute Gasteiger partial charge is 0.387 e. The van der Waals surface area contributed by atoms with Crippen molar-refractivity contribution in [2.75, 3.05) is 0 Å². The van der Waals surface area contributed by atoms with Gasteiger partial charge in [-0.25, -0.2) is 8.78 Å². The molecule has 1 aromatic rings. The molecule has 0 aliphatic heterocycles. The summed E-state index contributed by atoms with van der Waals surface area (Å²) in [5.41, 5.74) is -0.915. The van der Waals surface area contributed by atoms with Gasteiger partial charge in [0.1, 0.15) is 11.1 Å². The molecule has 1 atom stereocenters. The van der Waals surface area contributed by atoms with E-state index in [-0.39, 0.29) is 5.56 Å². The SMILES string of the molecule is CC(=O)C(Cl)c1cccc(C(F)F)c1OC(F)F. The highest BCUT2D eigenvalue weighted by atomic mass is 35.5. The molecule has 0 aliphatic carbocycles. The Hall–Kier alpha value is -1.30. The summed E-state index contributed by atoms with van der Waals surface area (Å²) in [7, 11) is 0. The van der Waals surface area contributed by atoms with Gasteiger partial charge in [-0.3, -0.25) is 4.79 Å². The van der Waals surface area contributed by atoms with Gasteiger partial charge < -0.3 is 4.74 Å². The molecule has 2 nitrogen and oxygen atoms in total. The predicted molar refractivity (Wildman–Crippen MR) is 57.3 cm³/mol. The summed E-state index contributed by atoms with van der Waals surface area (Å²) >= 11 is 5.69. The Morgan fingerprint density at radius 3 is 2.22 bits per heavy atom. The zero-order valence-electron chi connectivity index (χ0n) is 9.17. The quantitative estimate of drug-likeness (QED) is 0.601. The molecule has 1 unspecified atom stereocenters. The number of carbonyl (C=O) groups is 1. The lowest BCUT2D eigenvalue weighted by molar-refractivity contribution is -0.116. The lowest BCUT2D eigenvalue weighted by Crippen LogP contribution is -2.11. The van der Waals surface area contributed by atoms with Crippen LogP contribution >= 0.6 is 11.6 Å². The van der Waals surface area contributed by atoms with E-state index in [2.05, 4.69) is 4.74 Å². The van der Waals surface area contributed by atoms with Gasteiger partial charge in [-0.15, -0.1) is 11.6 Å². The Morgan fingerprint density at radius 2 is 1.78 bits per heavy atom. The first-order chi connectivity index (χ1) is 8.34. The largest absolute Gasteiger partial charge is 0.434 e. The molecule has 1 aromatic carbocycles. The molecule has 18 heavy (non-hydrogen) atoms. The average Bonchev–Trinajstić information content (AvgIpc) is 2.27. The van der Waals surface area contributed by atoms with Crippen LogP contribution in [0.1, 0.15) is 29.9 Å². The summed E-state index contributed by atoms with van der Waals surface area (Å²) in [6.07, 6.45) is -3.01. The zero-order valence-corrected chi connectivity index (χ0v) is 9.93. The minimum Gasteiger partial charge on any atom is -0.434 e. The number of carbonyl (C=O) groups excluding carboxylic acids is 1. The summed E-state index contributed by atoms with van der Waals surface area (Å²) in [6.45, 7) is -2.15. The van der Waals surface area contributed by atoms with Crippen molar-refractivity contribution < 1.29 is 27.1 Å². The number of hydrogen-bond donors (Lipinski definition) is 0. The maximum atomic E-state index is 12.7. The van der Waals surface area contributed by atoms with E-state index in [4.69, 9.17) is 11.6 Å². The standard InChI is InChI=1S/C11H9ClF4O2/c1-5(17)8(12)6-3-2-4-7(10(13)14)9(6)18-11(15)16/h2-4,8,10-11H,1H3. The van der Waals surface area contributed by atoms with Crippen molar-refractivity contribution in [1.82, 2.24) is 0 Å². The molecule has 1 rings (SSSR count). The number of hydrogen-bond acceptors (Lipinski definition) is 2. The van der Waals surface area contributed by atoms with E-state index in [1.165, 1.54) is 12.1 Å².